The first-order valence-electron chi connectivity index (χ1n) is 13.5. The van der Waals surface area contributed by atoms with Gasteiger partial charge in [-0.2, -0.15) is 0 Å². The first-order valence-corrected chi connectivity index (χ1v) is 14.0. The first-order chi connectivity index (χ1) is 18.8. The monoisotopic (exact) mass is 570 g/mol. The van der Waals surface area contributed by atoms with Crippen LogP contribution in [-0.2, 0) is 9.53 Å². The number of ether oxygens (including phenoxy) is 1. The molecule has 6 nitrogen and oxygen atoms in total. The van der Waals surface area contributed by atoms with E-state index in [0.29, 0.717) is 30.6 Å². The Bertz CT molecular complexity index is 1000. The van der Waals surface area contributed by atoms with E-state index >= 15 is 0 Å². The third kappa shape index (κ3) is 10.6. The average molecular weight is 571 g/mol. The zero-order chi connectivity index (χ0) is 29.4. The Morgan fingerprint density at radius 2 is 1.97 bits per heavy atom. The molecule has 1 atom stereocenters. The van der Waals surface area contributed by atoms with Gasteiger partial charge in [0.2, 0.25) is 0 Å². The Balaban J connectivity index is 0.000000447. The predicted octanol–water partition coefficient (Wildman–Crippen LogP) is 7.26. The summed E-state index contributed by atoms with van der Waals surface area (Å²) in [6.07, 6.45) is 1.56. The van der Waals surface area contributed by atoms with Crippen LogP contribution in [0.2, 0.25) is 0 Å². The van der Waals surface area contributed by atoms with Gasteiger partial charge in [0.05, 0.1) is 12.2 Å². The minimum atomic E-state index is -2.89. The number of alkyl halides is 3. The normalized spacial score (nSPS) is 18.6. The minimum Gasteiger partial charge on any atom is -0.380 e. The van der Waals surface area contributed by atoms with Gasteiger partial charge in [0.25, 0.3) is 6.43 Å². The first kappa shape index (κ1) is 34.7. The number of Topliss-reactive ketones (excluding diaryl/α,β-unsaturated/α-hetero) is 1. The summed E-state index contributed by atoms with van der Waals surface area (Å²) < 4.78 is 44.9. The average Bonchev–Trinajstić information content (AvgIpc) is 3.42. The summed E-state index contributed by atoms with van der Waals surface area (Å²) in [6.45, 7) is 16.8. The molecule has 39 heavy (non-hydrogen) atoms. The fourth-order valence-corrected chi connectivity index (χ4v) is 4.33. The van der Waals surface area contributed by atoms with E-state index in [4.69, 9.17) is 16.3 Å². The molecule has 2 saturated heterocycles. The summed E-state index contributed by atoms with van der Waals surface area (Å²) in [5, 5.41) is 0. The highest BCUT2D eigenvalue weighted by atomic mass is 35.5. The lowest BCUT2D eigenvalue weighted by atomic mass is 9.94. The SMILES string of the molecule is C=NC(/N=C/c1cccc(C(F)F)c1F)=C(CC)\C(CCC)=N/CCl.CC.CC(=O)C1CN(C2CCOC2)C1. The molecule has 0 spiro atoms. The molecule has 2 aliphatic heterocycles. The van der Waals surface area contributed by atoms with Gasteiger partial charge in [-0.15, -0.1) is 11.6 Å². The number of aliphatic imine (C=N–C) groups is 3. The summed E-state index contributed by atoms with van der Waals surface area (Å²) in [4.78, 5) is 25.6. The molecular weight excluding hydrogens is 529 g/mol. The van der Waals surface area contributed by atoms with Crippen LogP contribution in [0, 0.1) is 11.7 Å². The van der Waals surface area contributed by atoms with Crippen molar-refractivity contribution in [3.05, 3.63) is 46.5 Å². The summed E-state index contributed by atoms with van der Waals surface area (Å²) in [7, 11) is 0. The largest absolute Gasteiger partial charge is 0.380 e. The van der Waals surface area contributed by atoms with Crippen molar-refractivity contribution in [3.8, 4) is 0 Å². The number of hydrogen-bond acceptors (Lipinski definition) is 6. The molecule has 0 bridgehead atoms. The summed E-state index contributed by atoms with van der Waals surface area (Å²) in [5.74, 6) is -0.0663. The number of carbonyl (C=O) groups excluding carboxylic acids is 1. The number of carbonyl (C=O) groups is 1. The fourth-order valence-electron chi connectivity index (χ4n) is 4.19. The maximum absolute atomic E-state index is 14.1. The highest BCUT2D eigenvalue weighted by molar-refractivity contribution is 6.18. The van der Waals surface area contributed by atoms with Crippen LogP contribution in [0.1, 0.15) is 77.9 Å². The van der Waals surface area contributed by atoms with Crippen molar-refractivity contribution in [1.82, 2.24) is 4.90 Å². The second kappa shape index (κ2) is 18.8. The van der Waals surface area contributed by atoms with Gasteiger partial charge >= 0.3 is 0 Å². The van der Waals surface area contributed by atoms with Gasteiger partial charge in [-0.05, 0) is 32.9 Å². The van der Waals surface area contributed by atoms with Crippen LogP contribution in [0.3, 0.4) is 0 Å². The molecular formula is C29H42ClF3N4O2. The lowest BCUT2D eigenvalue weighted by molar-refractivity contribution is -0.126. The molecule has 218 valence electrons. The van der Waals surface area contributed by atoms with Gasteiger partial charge in [0.1, 0.15) is 17.6 Å². The number of halogens is 4. The van der Waals surface area contributed by atoms with Crippen LogP contribution in [0.5, 0.6) is 0 Å². The number of hydrogen-bond donors (Lipinski definition) is 0. The van der Waals surface area contributed by atoms with Crippen molar-refractivity contribution >= 4 is 36.0 Å². The molecule has 10 heteroatoms. The number of likely N-dealkylation sites (tertiary alicyclic amines) is 1. The maximum Gasteiger partial charge on any atom is 0.266 e. The lowest BCUT2D eigenvalue weighted by Gasteiger charge is -2.41. The fraction of sp³-hybridized carbons (Fsp3) is 0.586. The van der Waals surface area contributed by atoms with Crippen molar-refractivity contribution in [2.45, 2.75) is 72.8 Å². The summed E-state index contributed by atoms with van der Waals surface area (Å²) in [5.41, 5.74) is 0.813. The Kier molecular flexibility index (Phi) is 16.7. The zero-order valence-electron chi connectivity index (χ0n) is 23.7. The van der Waals surface area contributed by atoms with Gasteiger partial charge in [0, 0.05) is 54.7 Å². The molecule has 0 N–H and O–H groups in total. The molecule has 1 aromatic carbocycles. The standard InChI is InChI=1S/C18H21ClF3N3.C9H15NO2.C2H6/c1-4-7-15(25-11-19)13(5-2)18(23-3)24-10-12-8-6-9-14(16(12)20)17(21)22;1-7(11)8-4-10(5-8)9-2-3-12-6-9;1-2/h6,8-10,17H,3-5,7,11H2,1-2H3;8-9H,2-6H2,1H3;1-2H3/b18-13+,24-10+,25-15-;;. The van der Waals surface area contributed by atoms with Crippen molar-refractivity contribution in [2.75, 3.05) is 32.3 Å². The van der Waals surface area contributed by atoms with Crippen LogP contribution in [0.25, 0.3) is 0 Å². The molecule has 1 aromatic rings. The third-order valence-electron chi connectivity index (χ3n) is 6.39. The molecule has 0 amide bonds. The van der Waals surface area contributed by atoms with E-state index in [0.717, 1.165) is 56.5 Å². The molecule has 1 unspecified atom stereocenters. The lowest BCUT2D eigenvalue weighted by Crippen LogP contribution is -2.54. The smallest absolute Gasteiger partial charge is 0.266 e. The molecule has 2 aliphatic rings. The maximum atomic E-state index is 14.1. The zero-order valence-corrected chi connectivity index (χ0v) is 24.5. The second-order valence-corrected chi connectivity index (χ2v) is 9.12. The van der Waals surface area contributed by atoms with Crippen LogP contribution in [-0.4, -0.2) is 67.7 Å². The van der Waals surface area contributed by atoms with E-state index in [-0.39, 0.29) is 17.4 Å². The summed E-state index contributed by atoms with van der Waals surface area (Å²) >= 11 is 5.71. The quantitative estimate of drug-likeness (QED) is 0.160. The second-order valence-electron chi connectivity index (χ2n) is 8.88. The van der Waals surface area contributed by atoms with Crippen LogP contribution >= 0.6 is 11.6 Å². The van der Waals surface area contributed by atoms with Gasteiger partial charge in [0.15, 0.2) is 5.82 Å². The van der Waals surface area contributed by atoms with Gasteiger partial charge in [-0.25, -0.2) is 23.2 Å². The molecule has 0 radical (unpaired) electrons. The van der Waals surface area contributed by atoms with Crippen molar-refractivity contribution in [3.63, 3.8) is 0 Å². The number of rotatable bonds is 11. The molecule has 0 saturated carbocycles. The summed E-state index contributed by atoms with van der Waals surface area (Å²) in [6, 6.07) is 4.48. The van der Waals surface area contributed by atoms with Crippen LogP contribution < -0.4 is 0 Å². The van der Waals surface area contributed by atoms with Gasteiger partial charge in [-0.1, -0.05) is 52.3 Å². The van der Waals surface area contributed by atoms with Crippen molar-refractivity contribution in [1.29, 1.82) is 0 Å². The van der Waals surface area contributed by atoms with Crippen molar-refractivity contribution in [2.24, 2.45) is 20.9 Å². The van der Waals surface area contributed by atoms with E-state index in [1.165, 1.54) is 18.3 Å². The van der Waals surface area contributed by atoms with E-state index in [2.05, 4.69) is 26.6 Å². The Morgan fingerprint density at radius 3 is 2.46 bits per heavy atom. The minimum absolute atomic E-state index is 0.0410. The molecule has 2 heterocycles. The van der Waals surface area contributed by atoms with Crippen LogP contribution in [0.4, 0.5) is 13.2 Å². The third-order valence-corrected chi connectivity index (χ3v) is 6.50. The Hall–Kier alpha value is -2.36. The van der Waals surface area contributed by atoms with E-state index in [1.54, 1.807) is 6.92 Å². The van der Waals surface area contributed by atoms with Gasteiger partial charge < -0.3 is 4.74 Å². The molecule has 0 aromatic heterocycles. The van der Waals surface area contributed by atoms with E-state index < -0.39 is 17.8 Å². The van der Waals surface area contributed by atoms with Crippen LogP contribution in [0.15, 0.2) is 44.6 Å². The molecule has 3 rings (SSSR count). The molecule has 0 aliphatic carbocycles. The Labute approximate surface area is 236 Å². The predicted molar refractivity (Wildman–Crippen MR) is 155 cm³/mol. The van der Waals surface area contributed by atoms with Crippen molar-refractivity contribution < 1.29 is 22.7 Å². The number of benzene rings is 1. The molecule has 2 fully saturated rings. The topological polar surface area (TPSA) is 66.6 Å². The Morgan fingerprint density at radius 1 is 1.28 bits per heavy atom. The number of allylic oxidation sites excluding steroid dienone is 1. The van der Waals surface area contributed by atoms with E-state index in [1.807, 2.05) is 27.7 Å². The van der Waals surface area contributed by atoms with Gasteiger partial charge in [-0.3, -0.25) is 14.7 Å². The van der Waals surface area contributed by atoms with E-state index in [9.17, 15) is 18.0 Å². The highest BCUT2D eigenvalue weighted by Gasteiger charge is 2.36. The highest BCUT2D eigenvalue weighted by Crippen LogP contribution is 2.25. The number of ketones is 1. The number of nitrogens with zero attached hydrogens (tertiary/aromatic N) is 4.